The summed E-state index contributed by atoms with van der Waals surface area (Å²) in [7, 11) is 0. The summed E-state index contributed by atoms with van der Waals surface area (Å²) in [4.78, 5) is 4.73. The molecule has 22 heavy (non-hydrogen) atoms. The minimum Gasteiger partial charge on any atom is -0.252 e. The van der Waals surface area contributed by atoms with Gasteiger partial charge in [-0.15, -0.1) is 0 Å². The number of hydrogen-bond donors (Lipinski definition) is 0. The minimum atomic E-state index is -0.0721. The van der Waals surface area contributed by atoms with Crippen molar-refractivity contribution in [1.82, 2.24) is 0 Å². The second-order valence-electron chi connectivity index (χ2n) is 7.31. The molecule has 0 aliphatic heterocycles. The third-order valence-corrected chi connectivity index (χ3v) is 3.28. The van der Waals surface area contributed by atoms with Crippen LogP contribution in [0.4, 0.5) is 0 Å². The molecule has 0 heterocycles. The van der Waals surface area contributed by atoms with Crippen molar-refractivity contribution in [2.75, 3.05) is 0 Å². The lowest BCUT2D eigenvalue weighted by molar-refractivity contribution is 0.517. The number of nitrogens with zero attached hydrogens (tertiary/aromatic N) is 1. The van der Waals surface area contributed by atoms with Gasteiger partial charge >= 0.3 is 0 Å². The highest BCUT2D eigenvalue weighted by Crippen LogP contribution is 2.27. The Morgan fingerprint density at radius 2 is 1.32 bits per heavy atom. The van der Waals surface area contributed by atoms with E-state index in [9.17, 15) is 0 Å². The number of hydrogen-bond acceptors (Lipinski definition) is 1. The monoisotopic (exact) mass is 297 g/mol. The lowest BCUT2D eigenvalue weighted by Crippen LogP contribution is -2.18. The van der Waals surface area contributed by atoms with Crippen LogP contribution in [0, 0.1) is 10.8 Å². The molecule has 0 fully saturated rings. The lowest BCUT2D eigenvalue weighted by Gasteiger charge is -2.20. The molecule has 0 aromatic carbocycles. The van der Waals surface area contributed by atoms with Gasteiger partial charge in [-0.25, -0.2) is 0 Å². The first kappa shape index (κ1) is 20.1. The molecular weight excluding hydrogens is 266 g/mol. The van der Waals surface area contributed by atoms with Crippen molar-refractivity contribution in [2.45, 2.75) is 41.5 Å². The maximum Gasteiger partial charge on any atom is 0.0699 e. The molecule has 0 rings (SSSR count). The molecule has 0 atom stereocenters. The van der Waals surface area contributed by atoms with E-state index in [0.29, 0.717) is 0 Å². The number of rotatable bonds is 6. The SMILES string of the molecule is C=CC(=C)C(=C\C=C(/C=C)C(C)(C)C)/N=C(\C=C)C(C)(C)C. The van der Waals surface area contributed by atoms with Gasteiger partial charge < -0.3 is 0 Å². The van der Waals surface area contributed by atoms with Crippen LogP contribution >= 0.6 is 0 Å². The third-order valence-electron chi connectivity index (χ3n) is 3.28. The van der Waals surface area contributed by atoms with Crippen LogP contribution in [0.5, 0.6) is 0 Å². The molecule has 0 aliphatic carbocycles. The summed E-state index contributed by atoms with van der Waals surface area (Å²) >= 11 is 0. The molecule has 0 spiro atoms. The number of aliphatic imine (C=N–C) groups is 1. The van der Waals surface area contributed by atoms with Gasteiger partial charge in [-0.1, -0.05) is 86.1 Å². The molecule has 1 nitrogen and oxygen atoms in total. The van der Waals surface area contributed by atoms with E-state index in [0.717, 1.165) is 22.6 Å². The maximum absolute atomic E-state index is 4.73. The number of allylic oxidation sites excluding steroid dienone is 6. The highest BCUT2D eigenvalue weighted by Gasteiger charge is 2.17. The quantitative estimate of drug-likeness (QED) is 0.395. The van der Waals surface area contributed by atoms with Gasteiger partial charge in [-0.2, -0.15) is 0 Å². The third kappa shape index (κ3) is 6.26. The van der Waals surface area contributed by atoms with Crippen LogP contribution in [-0.2, 0) is 0 Å². The fraction of sp³-hybridized carbons (Fsp3) is 0.381. The Kier molecular flexibility index (Phi) is 7.25. The van der Waals surface area contributed by atoms with Crippen molar-refractivity contribution in [1.29, 1.82) is 0 Å². The summed E-state index contributed by atoms with van der Waals surface area (Å²) in [5.41, 5.74) is 3.62. The van der Waals surface area contributed by atoms with Crippen molar-refractivity contribution in [2.24, 2.45) is 15.8 Å². The average molecular weight is 297 g/mol. The van der Waals surface area contributed by atoms with Gasteiger partial charge in [0.2, 0.25) is 0 Å². The maximum atomic E-state index is 4.73. The van der Waals surface area contributed by atoms with Crippen molar-refractivity contribution in [3.8, 4) is 0 Å². The van der Waals surface area contributed by atoms with Gasteiger partial charge in [-0.3, -0.25) is 4.99 Å². The zero-order valence-electron chi connectivity index (χ0n) is 15.2. The largest absolute Gasteiger partial charge is 0.252 e. The molecular formula is C21H31N. The first-order valence-corrected chi connectivity index (χ1v) is 7.55. The lowest BCUT2D eigenvalue weighted by atomic mass is 9.86. The van der Waals surface area contributed by atoms with Gasteiger partial charge in [0.1, 0.15) is 0 Å². The second-order valence-corrected chi connectivity index (χ2v) is 7.31. The summed E-state index contributed by atoms with van der Waals surface area (Å²) < 4.78 is 0. The van der Waals surface area contributed by atoms with Crippen molar-refractivity contribution >= 4 is 5.71 Å². The first-order chi connectivity index (χ1) is 9.97. The van der Waals surface area contributed by atoms with E-state index >= 15 is 0 Å². The van der Waals surface area contributed by atoms with E-state index < -0.39 is 0 Å². The molecule has 0 N–H and O–H groups in total. The Labute approximate surface area is 137 Å². The summed E-state index contributed by atoms with van der Waals surface area (Å²) in [5, 5.41) is 0. The van der Waals surface area contributed by atoms with Crippen LogP contribution in [0.15, 0.2) is 78.5 Å². The van der Waals surface area contributed by atoms with E-state index in [1.54, 1.807) is 12.2 Å². The molecule has 0 bridgehead atoms. The van der Waals surface area contributed by atoms with Crippen LogP contribution < -0.4 is 0 Å². The summed E-state index contributed by atoms with van der Waals surface area (Å²) in [6.45, 7) is 28.4. The summed E-state index contributed by atoms with van der Waals surface area (Å²) in [6.07, 6.45) is 9.42. The van der Waals surface area contributed by atoms with E-state index in [1.807, 2.05) is 18.2 Å². The molecule has 0 aliphatic rings. The van der Waals surface area contributed by atoms with Crippen molar-refractivity contribution in [3.05, 3.63) is 73.5 Å². The fourth-order valence-electron chi connectivity index (χ4n) is 1.76. The zero-order valence-corrected chi connectivity index (χ0v) is 15.2. The Hall–Kier alpha value is -1.89. The highest BCUT2D eigenvalue weighted by atomic mass is 14.8. The molecule has 0 unspecified atom stereocenters. The van der Waals surface area contributed by atoms with Crippen LogP contribution in [-0.4, -0.2) is 5.71 Å². The van der Waals surface area contributed by atoms with Crippen molar-refractivity contribution < 1.29 is 0 Å². The topological polar surface area (TPSA) is 12.4 Å². The predicted molar refractivity (Wildman–Crippen MR) is 102 cm³/mol. The molecule has 0 amide bonds. The standard InChI is InChI=1S/C21H31N/c1-11-16(4)18(22-19(13-3)21(8,9)10)15-14-17(12-2)20(5,6)7/h11-15H,1-4H2,5-10H3/b17-14+,18-15+,22-19+. The molecule has 0 aromatic rings. The normalized spacial score (nSPS) is 14.5. The predicted octanol–water partition coefficient (Wildman–Crippen LogP) is 6.44. The Bertz CT molecular complexity index is 537. The van der Waals surface area contributed by atoms with Gasteiger partial charge in [-0.05, 0) is 28.7 Å². The van der Waals surface area contributed by atoms with E-state index in [4.69, 9.17) is 4.99 Å². The summed E-state index contributed by atoms with van der Waals surface area (Å²) in [6, 6.07) is 0. The van der Waals surface area contributed by atoms with Crippen LogP contribution in [0.1, 0.15) is 41.5 Å². The molecule has 0 aromatic heterocycles. The molecule has 0 saturated carbocycles. The smallest absolute Gasteiger partial charge is 0.0699 e. The molecule has 120 valence electrons. The molecule has 1 heteroatoms. The Morgan fingerprint density at radius 3 is 1.64 bits per heavy atom. The average Bonchev–Trinajstić information content (AvgIpc) is 2.38. The van der Waals surface area contributed by atoms with E-state index in [2.05, 4.69) is 67.9 Å². The highest BCUT2D eigenvalue weighted by molar-refractivity contribution is 5.99. The van der Waals surface area contributed by atoms with Gasteiger partial charge in [0, 0.05) is 11.1 Å². The van der Waals surface area contributed by atoms with Gasteiger partial charge in [0.25, 0.3) is 0 Å². The first-order valence-electron chi connectivity index (χ1n) is 7.55. The van der Waals surface area contributed by atoms with Crippen LogP contribution in [0.3, 0.4) is 0 Å². The van der Waals surface area contributed by atoms with Crippen LogP contribution in [0.2, 0.25) is 0 Å². The van der Waals surface area contributed by atoms with Crippen LogP contribution in [0.25, 0.3) is 0 Å². The Balaban J connectivity index is 6.02. The fourth-order valence-corrected chi connectivity index (χ4v) is 1.76. The summed E-state index contributed by atoms with van der Waals surface area (Å²) in [5.74, 6) is 0. The van der Waals surface area contributed by atoms with E-state index in [-0.39, 0.29) is 10.8 Å². The zero-order chi connectivity index (χ0) is 17.6. The van der Waals surface area contributed by atoms with Gasteiger partial charge in [0.15, 0.2) is 0 Å². The molecule has 0 saturated heterocycles. The Morgan fingerprint density at radius 1 is 0.773 bits per heavy atom. The second kappa shape index (κ2) is 7.93. The van der Waals surface area contributed by atoms with Gasteiger partial charge in [0.05, 0.1) is 5.70 Å². The minimum absolute atomic E-state index is 0.0356. The molecule has 0 radical (unpaired) electrons. The van der Waals surface area contributed by atoms with Crippen molar-refractivity contribution in [3.63, 3.8) is 0 Å². The van der Waals surface area contributed by atoms with E-state index in [1.165, 1.54) is 0 Å².